The summed E-state index contributed by atoms with van der Waals surface area (Å²) in [5, 5.41) is 0. The lowest BCUT2D eigenvalue weighted by Gasteiger charge is -2.32. The zero-order valence-electron chi connectivity index (χ0n) is 14.2. The maximum atomic E-state index is 5.32. The molecule has 1 aromatic heterocycles. The molecule has 0 amide bonds. The second-order valence-corrected chi connectivity index (χ2v) is 6.32. The maximum absolute atomic E-state index is 5.32. The Morgan fingerprint density at radius 1 is 1.09 bits per heavy atom. The van der Waals surface area contributed by atoms with Gasteiger partial charge in [-0.1, -0.05) is 6.07 Å². The van der Waals surface area contributed by atoms with E-state index >= 15 is 0 Å². The average Bonchev–Trinajstić information content (AvgIpc) is 2.57. The van der Waals surface area contributed by atoms with Crippen LogP contribution in [0.3, 0.4) is 0 Å². The van der Waals surface area contributed by atoms with Gasteiger partial charge in [0.1, 0.15) is 5.75 Å². The maximum Gasteiger partial charge on any atom is 0.121 e. The number of pyridine rings is 1. The van der Waals surface area contributed by atoms with Crippen LogP contribution in [0.15, 0.2) is 36.5 Å². The van der Waals surface area contributed by atoms with Crippen molar-refractivity contribution in [1.29, 1.82) is 0 Å². The summed E-state index contributed by atoms with van der Waals surface area (Å²) in [6, 6.07) is 10.5. The Morgan fingerprint density at radius 2 is 1.87 bits per heavy atom. The van der Waals surface area contributed by atoms with Crippen molar-refractivity contribution in [2.24, 2.45) is 0 Å². The summed E-state index contributed by atoms with van der Waals surface area (Å²) >= 11 is 0. The fourth-order valence-corrected chi connectivity index (χ4v) is 2.99. The lowest BCUT2D eigenvalue weighted by molar-refractivity contribution is 0.148. The Kier molecular flexibility index (Phi) is 4.94. The molecule has 0 aliphatic carbocycles. The number of nitrogens with zero attached hydrogens (tertiary/aromatic N) is 3. The average molecular weight is 311 g/mol. The fourth-order valence-electron chi connectivity index (χ4n) is 2.99. The topological polar surface area (TPSA) is 28.6 Å². The van der Waals surface area contributed by atoms with Crippen molar-refractivity contribution in [1.82, 2.24) is 14.8 Å². The third kappa shape index (κ3) is 3.89. The molecule has 0 saturated carbocycles. The lowest BCUT2D eigenvalue weighted by Crippen LogP contribution is -2.43. The minimum absolute atomic E-state index is 0.917. The zero-order chi connectivity index (χ0) is 16.2. The first-order valence-corrected chi connectivity index (χ1v) is 8.16. The summed E-state index contributed by atoms with van der Waals surface area (Å²) in [7, 11) is 3.89. The van der Waals surface area contributed by atoms with Crippen LogP contribution in [0.5, 0.6) is 5.75 Å². The summed E-state index contributed by atoms with van der Waals surface area (Å²) in [5.41, 5.74) is 4.56. The van der Waals surface area contributed by atoms with Crippen LogP contribution in [0, 0.1) is 6.92 Å². The van der Waals surface area contributed by atoms with Crippen LogP contribution in [0.1, 0.15) is 11.1 Å². The van der Waals surface area contributed by atoms with Crippen molar-refractivity contribution in [3.8, 4) is 17.0 Å². The molecule has 3 rings (SSSR count). The highest BCUT2D eigenvalue weighted by atomic mass is 16.5. The van der Waals surface area contributed by atoms with E-state index < -0.39 is 0 Å². The quantitative estimate of drug-likeness (QED) is 0.868. The third-order valence-corrected chi connectivity index (χ3v) is 4.52. The second kappa shape index (κ2) is 7.11. The molecule has 1 aromatic carbocycles. The van der Waals surface area contributed by atoms with Gasteiger partial charge < -0.3 is 9.64 Å². The molecular formula is C19H25N3O. The van der Waals surface area contributed by atoms with E-state index in [9.17, 15) is 0 Å². The molecule has 0 spiro atoms. The number of hydrogen-bond donors (Lipinski definition) is 0. The van der Waals surface area contributed by atoms with Crippen LogP contribution in [0.2, 0.25) is 0 Å². The fraction of sp³-hybridized carbons (Fsp3) is 0.421. The smallest absolute Gasteiger partial charge is 0.121 e. The number of aromatic nitrogens is 1. The van der Waals surface area contributed by atoms with Gasteiger partial charge in [-0.15, -0.1) is 0 Å². The van der Waals surface area contributed by atoms with Crippen LogP contribution in [0.4, 0.5) is 0 Å². The molecule has 1 saturated heterocycles. The van der Waals surface area contributed by atoms with Gasteiger partial charge in [0.25, 0.3) is 0 Å². The number of benzene rings is 1. The van der Waals surface area contributed by atoms with Gasteiger partial charge in [0.05, 0.1) is 12.8 Å². The van der Waals surface area contributed by atoms with E-state index in [1.54, 1.807) is 7.11 Å². The zero-order valence-corrected chi connectivity index (χ0v) is 14.2. The van der Waals surface area contributed by atoms with Crippen LogP contribution in [-0.2, 0) is 6.54 Å². The number of rotatable bonds is 4. The van der Waals surface area contributed by atoms with Gasteiger partial charge in [0, 0.05) is 44.5 Å². The van der Waals surface area contributed by atoms with E-state index in [-0.39, 0.29) is 0 Å². The molecule has 2 aromatic rings. The minimum atomic E-state index is 0.917. The molecule has 2 heterocycles. The molecule has 0 radical (unpaired) electrons. The van der Waals surface area contributed by atoms with E-state index in [2.05, 4.69) is 53.0 Å². The van der Waals surface area contributed by atoms with Gasteiger partial charge in [-0.3, -0.25) is 9.88 Å². The Bertz CT molecular complexity index is 646. The number of ether oxygens (including phenoxy) is 1. The second-order valence-electron chi connectivity index (χ2n) is 6.32. The molecule has 4 nitrogen and oxygen atoms in total. The molecule has 1 fully saturated rings. The summed E-state index contributed by atoms with van der Waals surface area (Å²) in [4.78, 5) is 9.52. The summed E-state index contributed by atoms with van der Waals surface area (Å²) in [5.74, 6) is 0.917. The summed E-state index contributed by atoms with van der Waals surface area (Å²) in [6.45, 7) is 7.62. The largest absolute Gasteiger partial charge is 0.496 e. The van der Waals surface area contributed by atoms with Gasteiger partial charge >= 0.3 is 0 Å². The number of likely N-dealkylation sites (N-methyl/N-ethyl adjacent to an activating group) is 1. The van der Waals surface area contributed by atoms with Crippen molar-refractivity contribution >= 4 is 0 Å². The van der Waals surface area contributed by atoms with Gasteiger partial charge in [-0.25, -0.2) is 0 Å². The molecule has 0 unspecified atom stereocenters. The molecule has 122 valence electrons. The third-order valence-electron chi connectivity index (χ3n) is 4.52. The Labute approximate surface area is 138 Å². The van der Waals surface area contributed by atoms with Crippen molar-refractivity contribution in [2.75, 3.05) is 40.3 Å². The SMILES string of the molecule is COc1ccc(-c2ccc(CN3CCN(C)CC3)cn2)cc1C. The Balaban J connectivity index is 1.68. The monoisotopic (exact) mass is 311 g/mol. The molecule has 0 atom stereocenters. The minimum Gasteiger partial charge on any atom is -0.496 e. The van der Waals surface area contributed by atoms with Crippen molar-refractivity contribution in [3.63, 3.8) is 0 Å². The van der Waals surface area contributed by atoms with Gasteiger partial charge in [-0.05, 0) is 49.4 Å². The number of piperazine rings is 1. The highest BCUT2D eigenvalue weighted by Crippen LogP contribution is 2.25. The van der Waals surface area contributed by atoms with Crippen molar-refractivity contribution < 1.29 is 4.74 Å². The molecule has 0 bridgehead atoms. The standard InChI is InChI=1S/C19H25N3O/c1-15-12-17(5-7-19(15)23-3)18-6-4-16(13-20-18)14-22-10-8-21(2)9-11-22/h4-7,12-13H,8-11,14H2,1-3H3. The van der Waals surface area contributed by atoms with Crippen LogP contribution >= 0.6 is 0 Å². The van der Waals surface area contributed by atoms with Crippen molar-refractivity contribution in [2.45, 2.75) is 13.5 Å². The first-order valence-electron chi connectivity index (χ1n) is 8.16. The predicted molar refractivity (Wildman–Crippen MR) is 93.7 cm³/mol. The molecule has 0 N–H and O–H groups in total. The van der Waals surface area contributed by atoms with Crippen LogP contribution in [-0.4, -0.2) is 55.1 Å². The molecule has 4 heteroatoms. The number of aryl methyl sites for hydroxylation is 1. The molecular weight excluding hydrogens is 286 g/mol. The summed E-state index contributed by atoms with van der Waals surface area (Å²) in [6.07, 6.45) is 2.01. The Morgan fingerprint density at radius 3 is 2.48 bits per heavy atom. The summed E-state index contributed by atoms with van der Waals surface area (Å²) < 4.78 is 5.32. The highest BCUT2D eigenvalue weighted by Gasteiger charge is 2.14. The molecule has 1 aliphatic heterocycles. The van der Waals surface area contributed by atoms with E-state index in [4.69, 9.17) is 4.74 Å². The van der Waals surface area contributed by atoms with Crippen LogP contribution < -0.4 is 4.74 Å². The first kappa shape index (κ1) is 16.0. The molecule has 23 heavy (non-hydrogen) atoms. The first-order chi connectivity index (χ1) is 11.2. The number of methoxy groups -OCH3 is 1. The van der Waals surface area contributed by atoms with E-state index in [1.807, 2.05) is 12.3 Å². The van der Waals surface area contributed by atoms with Gasteiger partial charge in [-0.2, -0.15) is 0 Å². The lowest BCUT2D eigenvalue weighted by atomic mass is 10.1. The van der Waals surface area contributed by atoms with E-state index in [0.29, 0.717) is 0 Å². The highest BCUT2D eigenvalue weighted by molar-refractivity contribution is 5.62. The van der Waals surface area contributed by atoms with Crippen molar-refractivity contribution in [3.05, 3.63) is 47.7 Å². The Hall–Kier alpha value is -1.91. The number of hydrogen-bond acceptors (Lipinski definition) is 4. The predicted octanol–water partition coefficient (Wildman–Crippen LogP) is 2.81. The van der Waals surface area contributed by atoms with E-state index in [1.165, 1.54) is 5.56 Å². The van der Waals surface area contributed by atoms with E-state index in [0.717, 1.165) is 55.3 Å². The van der Waals surface area contributed by atoms with Crippen LogP contribution in [0.25, 0.3) is 11.3 Å². The van der Waals surface area contributed by atoms with Gasteiger partial charge in [0.15, 0.2) is 0 Å². The molecule has 1 aliphatic rings. The van der Waals surface area contributed by atoms with Gasteiger partial charge in [0.2, 0.25) is 0 Å². The normalized spacial score (nSPS) is 16.5.